The third-order valence-electron chi connectivity index (χ3n) is 3.37. The van der Waals surface area contributed by atoms with E-state index in [1.54, 1.807) is 0 Å². The number of nitrogens with zero attached hydrogens (tertiary/aromatic N) is 1. The van der Waals surface area contributed by atoms with Crippen LogP contribution in [0.5, 0.6) is 0 Å². The molecule has 0 aromatic heterocycles. The fourth-order valence-corrected chi connectivity index (χ4v) is 2.60. The molecule has 2 heteroatoms. The van der Waals surface area contributed by atoms with Crippen molar-refractivity contribution in [2.24, 2.45) is 5.41 Å². The lowest BCUT2D eigenvalue weighted by Gasteiger charge is -2.37. The molecule has 0 aromatic rings. The Morgan fingerprint density at radius 1 is 1.33 bits per heavy atom. The van der Waals surface area contributed by atoms with Crippen molar-refractivity contribution in [1.82, 2.24) is 4.90 Å². The predicted octanol–water partition coefficient (Wildman–Crippen LogP) is 2.92. The van der Waals surface area contributed by atoms with Crippen LogP contribution in [-0.2, 0) is 4.74 Å². The molecule has 1 aliphatic heterocycles. The molecule has 1 fully saturated rings. The van der Waals surface area contributed by atoms with Gasteiger partial charge in [0, 0.05) is 25.2 Å². The zero-order valence-electron chi connectivity index (χ0n) is 11.2. The second-order valence-corrected chi connectivity index (χ2v) is 5.99. The summed E-state index contributed by atoms with van der Waals surface area (Å²) in [5, 5.41) is 0. The highest BCUT2D eigenvalue weighted by molar-refractivity contribution is 4.94. The highest BCUT2D eigenvalue weighted by atomic mass is 16.5. The van der Waals surface area contributed by atoms with Gasteiger partial charge < -0.3 is 4.74 Å². The Hall–Kier alpha value is -0.0800. The minimum absolute atomic E-state index is 0.357. The average molecular weight is 213 g/mol. The van der Waals surface area contributed by atoms with Crippen LogP contribution < -0.4 is 0 Å². The van der Waals surface area contributed by atoms with Gasteiger partial charge in [0.15, 0.2) is 0 Å². The fourth-order valence-electron chi connectivity index (χ4n) is 2.60. The van der Waals surface area contributed by atoms with Gasteiger partial charge in [-0.15, -0.1) is 0 Å². The van der Waals surface area contributed by atoms with E-state index in [0.717, 1.165) is 13.2 Å². The van der Waals surface area contributed by atoms with E-state index in [2.05, 4.69) is 46.4 Å². The standard InChI is InChI=1S/C13H27NO/c1-7-15-11-8-12(13(4,5)6)14(9-11)10(2)3/h10-12H,7-9H2,1-6H3. The van der Waals surface area contributed by atoms with Crippen molar-refractivity contribution in [3.05, 3.63) is 0 Å². The molecule has 0 bridgehead atoms. The fraction of sp³-hybridized carbons (Fsp3) is 1.00. The normalized spacial score (nSPS) is 29.0. The lowest BCUT2D eigenvalue weighted by atomic mass is 9.84. The first-order chi connectivity index (χ1) is 6.86. The van der Waals surface area contributed by atoms with Gasteiger partial charge in [-0.3, -0.25) is 4.90 Å². The van der Waals surface area contributed by atoms with Gasteiger partial charge in [0.25, 0.3) is 0 Å². The molecule has 15 heavy (non-hydrogen) atoms. The minimum atomic E-state index is 0.357. The molecule has 1 saturated heterocycles. The first kappa shape index (κ1) is 13.0. The first-order valence-corrected chi connectivity index (χ1v) is 6.23. The van der Waals surface area contributed by atoms with Gasteiger partial charge in [0.1, 0.15) is 0 Å². The largest absolute Gasteiger partial charge is 0.377 e. The maximum Gasteiger partial charge on any atom is 0.0717 e. The van der Waals surface area contributed by atoms with E-state index < -0.39 is 0 Å². The van der Waals surface area contributed by atoms with Gasteiger partial charge in [-0.25, -0.2) is 0 Å². The molecule has 0 aliphatic carbocycles. The molecule has 2 nitrogen and oxygen atoms in total. The summed E-state index contributed by atoms with van der Waals surface area (Å²) in [6, 6.07) is 1.29. The smallest absolute Gasteiger partial charge is 0.0717 e. The Labute approximate surface area is 95.0 Å². The molecule has 1 rings (SSSR count). The predicted molar refractivity (Wildman–Crippen MR) is 65.1 cm³/mol. The van der Waals surface area contributed by atoms with Crippen LogP contribution in [0.1, 0.15) is 48.0 Å². The van der Waals surface area contributed by atoms with E-state index in [0.29, 0.717) is 23.6 Å². The van der Waals surface area contributed by atoms with E-state index >= 15 is 0 Å². The Balaban J connectivity index is 2.68. The summed E-state index contributed by atoms with van der Waals surface area (Å²) in [6.07, 6.45) is 1.64. The van der Waals surface area contributed by atoms with Crippen LogP contribution in [0.15, 0.2) is 0 Å². The summed E-state index contributed by atoms with van der Waals surface area (Å²) in [7, 11) is 0. The lowest BCUT2D eigenvalue weighted by molar-refractivity contribution is 0.0657. The van der Waals surface area contributed by atoms with Gasteiger partial charge >= 0.3 is 0 Å². The van der Waals surface area contributed by atoms with Crippen molar-refractivity contribution >= 4 is 0 Å². The van der Waals surface area contributed by atoms with Crippen LogP contribution in [0, 0.1) is 5.41 Å². The summed E-state index contributed by atoms with van der Waals surface area (Å²) in [5.41, 5.74) is 0.357. The second kappa shape index (κ2) is 4.84. The highest BCUT2D eigenvalue weighted by Gasteiger charge is 2.40. The quantitative estimate of drug-likeness (QED) is 0.714. The minimum Gasteiger partial charge on any atom is -0.377 e. The van der Waals surface area contributed by atoms with Crippen molar-refractivity contribution in [2.75, 3.05) is 13.2 Å². The van der Waals surface area contributed by atoms with Crippen LogP contribution in [0.2, 0.25) is 0 Å². The Bertz CT molecular complexity index is 195. The molecule has 1 heterocycles. The zero-order chi connectivity index (χ0) is 11.6. The number of hydrogen-bond donors (Lipinski definition) is 0. The maximum atomic E-state index is 5.77. The van der Waals surface area contributed by atoms with Crippen LogP contribution >= 0.6 is 0 Å². The summed E-state index contributed by atoms with van der Waals surface area (Å²) in [5.74, 6) is 0. The van der Waals surface area contributed by atoms with E-state index in [1.165, 1.54) is 6.42 Å². The van der Waals surface area contributed by atoms with Crippen LogP contribution in [-0.4, -0.2) is 36.2 Å². The molecule has 1 aliphatic rings. The van der Waals surface area contributed by atoms with E-state index in [1.807, 2.05) is 0 Å². The monoisotopic (exact) mass is 213 g/mol. The Morgan fingerprint density at radius 3 is 2.27 bits per heavy atom. The summed E-state index contributed by atoms with van der Waals surface area (Å²) >= 11 is 0. The molecular formula is C13H27NO. The Kier molecular flexibility index (Phi) is 4.19. The van der Waals surface area contributed by atoms with E-state index in [-0.39, 0.29) is 0 Å². The molecule has 90 valence electrons. The van der Waals surface area contributed by atoms with Crippen LogP contribution in [0.4, 0.5) is 0 Å². The molecule has 2 atom stereocenters. The molecule has 0 radical (unpaired) electrons. The first-order valence-electron chi connectivity index (χ1n) is 6.23. The molecule has 0 saturated carbocycles. The van der Waals surface area contributed by atoms with Crippen molar-refractivity contribution < 1.29 is 4.74 Å². The Morgan fingerprint density at radius 2 is 1.93 bits per heavy atom. The SMILES string of the molecule is CCOC1CC(C(C)(C)C)N(C(C)C)C1. The summed E-state index contributed by atoms with van der Waals surface area (Å²) < 4.78 is 5.77. The zero-order valence-corrected chi connectivity index (χ0v) is 11.2. The summed E-state index contributed by atoms with van der Waals surface area (Å²) in [6.45, 7) is 15.6. The van der Waals surface area contributed by atoms with Crippen molar-refractivity contribution in [1.29, 1.82) is 0 Å². The number of likely N-dealkylation sites (tertiary alicyclic amines) is 1. The number of rotatable bonds is 3. The molecule has 0 spiro atoms. The van der Waals surface area contributed by atoms with Gasteiger partial charge in [-0.1, -0.05) is 20.8 Å². The third-order valence-corrected chi connectivity index (χ3v) is 3.37. The van der Waals surface area contributed by atoms with Crippen LogP contribution in [0.3, 0.4) is 0 Å². The summed E-state index contributed by atoms with van der Waals surface area (Å²) in [4.78, 5) is 2.60. The van der Waals surface area contributed by atoms with E-state index in [4.69, 9.17) is 4.74 Å². The molecule has 0 aromatic carbocycles. The van der Waals surface area contributed by atoms with Gasteiger partial charge in [0.05, 0.1) is 6.10 Å². The molecule has 0 N–H and O–H groups in total. The number of ether oxygens (including phenoxy) is 1. The van der Waals surface area contributed by atoms with E-state index in [9.17, 15) is 0 Å². The number of hydrogen-bond acceptors (Lipinski definition) is 2. The van der Waals surface area contributed by atoms with Crippen molar-refractivity contribution in [2.45, 2.75) is 66.2 Å². The molecule has 2 unspecified atom stereocenters. The van der Waals surface area contributed by atoms with Crippen molar-refractivity contribution in [3.63, 3.8) is 0 Å². The maximum absolute atomic E-state index is 5.77. The van der Waals surface area contributed by atoms with Crippen molar-refractivity contribution in [3.8, 4) is 0 Å². The average Bonchev–Trinajstić information content (AvgIpc) is 2.48. The van der Waals surface area contributed by atoms with Gasteiger partial charge in [-0.2, -0.15) is 0 Å². The lowest BCUT2D eigenvalue weighted by Crippen LogP contribution is -2.43. The topological polar surface area (TPSA) is 12.5 Å². The second-order valence-electron chi connectivity index (χ2n) is 5.99. The van der Waals surface area contributed by atoms with Gasteiger partial charge in [0.2, 0.25) is 0 Å². The third kappa shape index (κ3) is 3.18. The van der Waals surface area contributed by atoms with Crippen LogP contribution in [0.25, 0.3) is 0 Å². The van der Waals surface area contributed by atoms with Gasteiger partial charge in [-0.05, 0) is 32.6 Å². The molecule has 0 amide bonds. The molecular weight excluding hydrogens is 186 g/mol. The highest BCUT2D eigenvalue weighted by Crippen LogP contribution is 2.35.